The molecule has 0 aromatic heterocycles. The van der Waals surface area contributed by atoms with Crippen LogP contribution in [-0.2, 0) is 4.18 Å². The number of hydrogen-bond donors (Lipinski definition) is 0. The fourth-order valence-electron chi connectivity index (χ4n) is 1.40. The van der Waals surface area contributed by atoms with Crippen molar-refractivity contribution in [2.45, 2.75) is 11.1 Å². The van der Waals surface area contributed by atoms with E-state index in [0.29, 0.717) is 5.75 Å². The number of ether oxygens (including phenoxy) is 1. The smallest absolute Gasteiger partial charge is 0.158 e. The van der Waals surface area contributed by atoms with Gasteiger partial charge in [-0.3, -0.25) is 0 Å². The van der Waals surface area contributed by atoms with E-state index in [1.165, 1.54) is 12.0 Å². The fourth-order valence-corrected chi connectivity index (χ4v) is 2.02. The Kier molecular flexibility index (Phi) is 5.72. The highest BCUT2D eigenvalue weighted by Crippen LogP contribution is 2.18. The van der Waals surface area contributed by atoms with Gasteiger partial charge in [0.25, 0.3) is 0 Å². The second kappa shape index (κ2) is 7.81. The molecule has 0 aliphatic heterocycles. The lowest BCUT2D eigenvalue weighted by Gasteiger charge is -2.10. The summed E-state index contributed by atoms with van der Waals surface area (Å²) in [7, 11) is 0. The van der Waals surface area contributed by atoms with Crippen LogP contribution in [0.1, 0.15) is 0 Å². The maximum absolute atomic E-state index is 13.5. The van der Waals surface area contributed by atoms with E-state index in [1.807, 2.05) is 48.5 Å². The molecule has 0 heterocycles. The summed E-state index contributed by atoms with van der Waals surface area (Å²) in [5.41, 5.74) is 0. The first-order chi connectivity index (χ1) is 9.34. The Morgan fingerprint density at radius 3 is 2.21 bits per heavy atom. The van der Waals surface area contributed by atoms with Crippen LogP contribution in [0.4, 0.5) is 4.39 Å². The molecule has 1 unspecified atom stereocenters. The first-order valence-corrected chi connectivity index (χ1v) is 6.75. The first-order valence-electron chi connectivity index (χ1n) is 6.01. The maximum Gasteiger partial charge on any atom is 0.158 e. The number of hydrogen-bond acceptors (Lipinski definition) is 3. The van der Waals surface area contributed by atoms with E-state index < -0.39 is 6.17 Å². The van der Waals surface area contributed by atoms with E-state index in [4.69, 9.17) is 8.92 Å². The van der Waals surface area contributed by atoms with Crippen LogP contribution >= 0.6 is 12.0 Å². The molecular weight excluding hydrogens is 263 g/mol. The van der Waals surface area contributed by atoms with Crippen LogP contribution in [0.15, 0.2) is 65.6 Å². The van der Waals surface area contributed by atoms with E-state index >= 15 is 0 Å². The number of benzene rings is 2. The zero-order valence-corrected chi connectivity index (χ0v) is 11.2. The van der Waals surface area contributed by atoms with Crippen molar-refractivity contribution in [2.24, 2.45) is 0 Å². The van der Waals surface area contributed by atoms with Crippen molar-refractivity contribution >= 4 is 12.0 Å². The monoisotopic (exact) mass is 278 g/mol. The van der Waals surface area contributed by atoms with Crippen LogP contribution < -0.4 is 4.74 Å². The average molecular weight is 278 g/mol. The summed E-state index contributed by atoms with van der Waals surface area (Å²) in [6.07, 6.45) is -1.14. The van der Waals surface area contributed by atoms with Gasteiger partial charge in [0.05, 0.1) is 6.61 Å². The summed E-state index contributed by atoms with van der Waals surface area (Å²) in [5.74, 6) is 0.667. The summed E-state index contributed by atoms with van der Waals surface area (Å²) >= 11 is 1.17. The standard InChI is InChI=1S/C15H15FO2S/c16-13(11-17-14-7-3-1-4-8-14)12-18-19-15-9-5-2-6-10-15/h1-10,13H,11-12H2. The zero-order chi connectivity index (χ0) is 13.3. The molecule has 0 amide bonds. The van der Waals surface area contributed by atoms with Crippen LogP contribution in [0.2, 0.25) is 0 Å². The van der Waals surface area contributed by atoms with Gasteiger partial charge in [-0.25, -0.2) is 4.39 Å². The second-order valence-electron chi connectivity index (χ2n) is 3.90. The Balaban J connectivity index is 1.64. The van der Waals surface area contributed by atoms with Crippen molar-refractivity contribution in [1.82, 2.24) is 0 Å². The first kappa shape index (κ1) is 13.9. The molecule has 1 atom stereocenters. The van der Waals surface area contributed by atoms with Crippen LogP contribution in [0.25, 0.3) is 0 Å². The molecule has 0 radical (unpaired) electrons. The summed E-state index contributed by atoms with van der Waals surface area (Å²) < 4.78 is 24.1. The molecule has 2 aromatic rings. The van der Waals surface area contributed by atoms with Crippen molar-refractivity contribution in [3.8, 4) is 5.75 Å². The lowest BCUT2D eigenvalue weighted by Crippen LogP contribution is -2.17. The Morgan fingerprint density at radius 1 is 0.895 bits per heavy atom. The van der Waals surface area contributed by atoms with Crippen LogP contribution in [0, 0.1) is 0 Å². The molecule has 19 heavy (non-hydrogen) atoms. The highest BCUT2D eigenvalue weighted by molar-refractivity contribution is 7.94. The van der Waals surface area contributed by atoms with Crippen molar-refractivity contribution < 1.29 is 13.3 Å². The third kappa shape index (κ3) is 5.32. The third-order valence-electron chi connectivity index (χ3n) is 2.32. The summed E-state index contributed by atoms with van der Waals surface area (Å²) in [6.45, 7) is 0.00571. The van der Waals surface area contributed by atoms with Gasteiger partial charge in [-0.1, -0.05) is 36.4 Å². The molecule has 0 aliphatic rings. The molecular formula is C15H15FO2S. The second-order valence-corrected chi connectivity index (χ2v) is 4.78. The number of halogens is 1. The van der Waals surface area contributed by atoms with Gasteiger partial charge in [-0.2, -0.15) is 0 Å². The third-order valence-corrected chi connectivity index (χ3v) is 3.04. The predicted molar refractivity (Wildman–Crippen MR) is 75.1 cm³/mol. The van der Waals surface area contributed by atoms with Gasteiger partial charge in [0.1, 0.15) is 12.4 Å². The maximum atomic E-state index is 13.5. The van der Waals surface area contributed by atoms with Gasteiger partial charge < -0.3 is 8.92 Å². The normalized spacial score (nSPS) is 12.1. The lowest BCUT2D eigenvalue weighted by molar-refractivity contribution is 0.146. The van der Waals surface area contributed by atoms with E-state index in [1.54, 1.807) is 12.1 Å². The summed E-state index contributed by atoms with van der Waals surface area (Å²) in [5, 5.41) is 0. The molecule has 0 saturated carbocycles. The van der Waals surface area contributed by atoms with Gasteiger partial charge in [0, 0.05) is 16.9 Å². The van der Waals surface area contributed by atoms with Gasteiger partial charge in [-0.05, 0) is 24.3 Å². The van der Waals surface area contributed by atoms with Crippen LogP contribution in [0.3, 0.4) is 0 Å². The van der Waals surface area contributed by atoms with E-state index in [2.05, 4.69) is 0 Å². The van der Waals surface area contributed by atoms with Crippen molar-refractivity contribution in [3.05, 3.63) is 60.7 Å². The molecule has 0 N–H and O–H groups in total. The zero-order valence-electron chi connectivity index (χ0n) is 10.4. The van der Waals surface area contributed by atoms with Gasteiger partial charge in [0.2, 0.25) is 0 Å². The van der Waals surface area contributed by atoms with E-state index in [0.717, 1.165) is 4.90 Å². The predicted octanol–water partition coefficient (Wildman–Crippen LogP) is 4.13. The van der Waals surface area contributed by atoms with Gasteiger partial charge in [0.15, 0.2) is 6.17 Å². The van der Waals surface area contributed by atoms with E-state index in [-0.39, 0.29) is 13.2 Å². The molecule has 0 spiro atoms. The van der Waals surface area contributed by atoms with Crippen molar-refractivity contribution in [2.75, 3.05) is 13.2 Å². The lowest BCUT2D eigenvalue weighted by atomic mass is 10.3. The molecule has 4 heteroatoms. The SMILES string of the molecule is FC(COSc1ccccc1)COc1ccccc1. The van der Waals surface area contributed by atoms with Crippen LogP contribution in [0.5, 0.6) is 5.75 Å². The summed E-state index contributed by atoms with van der Waals surface area (Å²) in [6, 6.07) is 18.8. The minimum absolute atomic E-state index is 0.000632. The Labute approximate surface area is 116 Å². The molecule has 2 nitrogen and oxygen atoms in total. The summed E-state index contributed by atoms with van der Waals surface area (Å²) in [4.78, 5) is 0.957. The molecule has 0 saturated heterocycles. The molecule has 100 valence electrons. The molecule has 0 fully saturated rings. The minimum Gasteiger partial charge on any atom is -0.490 e. The van der Waals surface area contributed by atoms with Crippen LogP contribution in [-0.4, -0.2) is 19.4 Å². The quantitative estimate of drug-likeness (QED) is 0.710. The average Bonchev–Trinajstić information content (AvgIpc) is 2.47. The number of para-hydroxylation sites is 1. The fraction of sp³-hybridized carbons (Fsp3) is 0.200. The van der Waals surface area contributed by atoms with Gasteiger partial charge in [-0.15, -0.1) is 0 Å². The Hall–Kier alpha value is -1.52. The Bertz CT molecular complexity index is 464. The number of rotatable bonds is 7. The topological polar surface area (TPSA) is 18.5 Å². The largest absolute Gasteiger partial charge is 0.490 e. The highest BCUT2D eigenvalue weighted by Gasteiger charge is 2.08. The Morgan fingerprint density at radius 2 is 1.53 bits per heavy atom. The molecule has 2 aromatic carbocycles. The van der Waals surface area contributed by atoms with Crippen molar-refractivity contribution in [1.29, 1.82) is 0 Å². The van der Waals surface area contributed by atoms with Crippen molar-refractivity contribution in [3.63, 3.8) is 0 Å². The van der Waals surface area contributed by atoms with Gasteiger partial charge >= 0.3 is 0 Å². The highest BCUT2D eigenvalue weighted by atomic mass is 32.2. The molecule has 2 rings (SSSR count). The van der Waals surface area contributed by atoms with E-state index in [9.17, 15) is 4.39 Å². The molecule has 0 aliphatic carbocycles. The minimum atomic E-state index is -1.14. The number of alkyl halides is 1. The molecule has 0 bridgehead atoms.